The Morgan fingerprint density at radius 2 is 1.85 bits per heavy atom. The van der Waals surface area contributed by atoms with Gasteiger partial charge in [-0.25, -0.2) is 0 Å². The predicted octanol–water partition coefficient (Wildman–Crippen LogP) is 3.20. The van der Waals surface area contributed by atoms with Gasteiger partial charge >= 0.3 is 0 Å². The summed E-state index contributed by atoms with van der Waals surface area (Å²) in [5, 5.41) is 3.15. The van der Waals surface area contributed by atoms with E-state index in [-0.39, 0.29) is 11.9 Å². The van der Waals surface area contributed by atoms with Gasteiger partial charge in [0.2, 0.25) is 0 Å². The highest BCUT2D eigenvalue weighted by molar-refractivity contribution is 5.94. The van der Waals surface area contributed by atoms with E-state index in [1.807, 2.05) is 30.3 Å². The number of nitrogens with one attached hydrogen (secondary N) is 1. The summed E-state index contributed by atoms with van der Waals surface area (Å²) in [6.07, 6.45) is 1.89. The van der Waals surface area contributed by atoms with Crippen molar-refractivity contribution < 1.29 is 4.79 Å². The van der Waals surface area contributed by atoms with E-state index in [1.54, 1.807) is 0 Å². The standard InChI is InChI=1S/C18H19NO/c1-12-8-13(2)17-11-16(10-15(17)9-12)19-18(20)14-6-4-3-5-7-14/h3-9,16H,10-11H2,1-2H3,(H,19,20). The molecule has 3 rings (SSSR count). The molecule has 0 bridgehead atoms. The minimum atomic E-state index is 0.0257. The van der Waals surface area contributed by atoms with E-state index in [1.165, 1.54) is 22.3 Å². The Morgan fingerprint density at radius 3 is 2.60 bits per heavy atom. The summed E-state index contributed by atoms with van der Waals surface area (Å²) in [5.41, 5.74) is 6.18. The zero-order valence-corrected chi connectivity index (χ0v) is 11.9. The van der Waals surface area contributed by atoms with Crippen molar-refractivity contribution in [3.8, 4) is 0 Å². The molecule has 1 aliphatic rings. The van der Waals surface area contributed by atoms with Crippen LogP contribution in [0.15, 0.2) is 42.5 Å². The Morgan fingerprint density at radius 1 is 1.10 bits per heavy atom. The Kier molecular flexibility index (Phi) is 3.31. The van der Waals surface area contributed by atoms with Gasteiger partial charge in [0.25, 0.3) is 5.91 Å². The third kappa shape index (κ3) is 2.46. The molecule has 1 amide bonds. The van der Waals surface area contributed by atoms with Crippen molar-refractivity contribution in [3.05, 3.63) is 70.3 Å². The van der Waals surface area contributed by atoms with Gasteiger partial charge in [-0.15, -0.1) is 0 Å². The Hall–Kier alpha value is -2.09. The van der Waals surface area contributed by atoms with Gasteiger partial charge in [-0.2, -0.15) is 0 Å². The number of carbonyl (C=O) groups excluding carboxylic acids is 1. The fourth-order valence-corrected chi connectivity index (χ4v) is 3.10. The third-order valence-corrected chi connectivity index (χ3v) is 4.00. The lowest BCUT2D eigenvalue weighted by Crippen LogP contribution is -2.35. The second-order valence-corrected chi connectivity index (χ2v) is 5.66. The van der Waals surface area contributed by atoms with Crippen LogP contribution in [0, 0.1) is 13.8 Å². The van der Waals surface area contributed by atoms with E-state index in [0.717, 1.165) is 18.4 Å². The van der Waals surface area contributed by atoms with Crippen LogP contribution in [0.4, 0.5) is 0 Å². The molecule has 0 fully saturated rings. The largest absolute Gasteiger partial charge is 0.349 e. The van der Waals surface area contributed by atoms with Crippen molar-refractivity contribution in [2.45, 2.75) is 32.7 Å². The number of hydrogen-bond acceptors (Lipinski definition) is 1. The van der Waals surface area contributed by atoms with E-state index in [4.69, 9.17) is 0 Å². The topological polar surface area (TPSA) is 29.1 Å². The van der Waals surface area contributed by atoms with Crippen LogP contribution in [0.25, 0.3) is 0 Å². The number of amides is 1. The van der Waals surface area contributed by atoms with Gasteiger partial charge in [-0.1, -0.05) is 35.9 Å². The molecule has 1 unspecified atom stereocenters. The van der Waals surface area contributed by atoms with Gasteiger partial charge in [-0.05, 0) is 55.5 Å². The molecule has 2 heteroatoms. The second kappa shape index (κ2) is 5.12. The molecule has 102 valence electrons. The van der Waals surface area contributed by atoms with Crippen LogP contribution in [0.3, 0.4) is 0 Å². The Bertz CT molecular complexity index is 646. The predicted molar refractivity (Wildman–Crippen MR) is 81.0 cm³/mol. The maximum atomic E-state index is 12.2. The van der Waals surface area contributed by atoms with Crippen molar-refractivity contribution in [3.63, 3.8) is 0 Å². The summed E-state index contributed by atoms with van der Waals surface area (Å²) in [6.45, 7) is 4.29. The quantitative estimate of drug-likeness (QED) is 0.887. The smallest absolute Gasteiger partial charge is 0.251 e. The van der Waals surface area contributed by atoms with Crippen LogP contribution in [0.2, 0.25) is 0 Å². The lowest BCUT2D eigenvalue weighted by Gasteiger charge is -2.12. The molecular formula is C18H19NO. The number of aryl methyl sites for hydroxylation is 2. The zero-order valence-electron chi connectivity index (χ0n) is 11.9. The molecule has 0 aliphatic heterocycles. The van der Waals surface area contributed by atoms with Gasteiger partial charge < -0.3 is 5.32 Å². The number of fused-ring (bicyclic) bond motifs is 1. The first-order valence-corrected chi connectivity index (χ1v) is 7.08. The van der Waals surface area contributed by atoms with E-state index >= 15 is 0 Å². The highest BCUT2D eigenvalue weighted by atomic mass is 16.1. The molecule has 1 aliphatic carbocycles. The number of hydrogen-bond donors (Lipinski definition) is 1. The Balaban J connectivity index is 1.73. The molecule has 0 saturated carbocycles. The van der Waals surface area contributed by atoms with Crippen molar-refractivity contribution in [2.75, 3.05) is 0 Å². The number of rotatable bonds is 2. The fraction of sp³-hybridized carbons (Fsp3) is 0.278. The molecule has 0 saturated heterocycles. The first-order chi connectivity index (χ1) is 9.63. The van der Waals surface area contributed by atoms with Crippen molar-refractivity contribution in [2.24, 2.45) is 0 Å². The summed E-state index contributed by atoms with van der Waals surface area (Å²) >= 11 is 0. The monoisotopic (exact) mass is 265 g/mol. The fourth-order valence-electron chi connectivity index (χ4n) is 3.10. The van der Waals surface area contributed by atoms with Crippen molar-refractivity contribution in [1.29, 1.82) is 0 Å². The lowest BCUT2D eigenvalue weighted by molar-refractivity contribution is 0.0938. The SMILES string of the molecule is Cc1cc(C)c2c(c1)CC(NC(=O)c1ccccc1)C2. The molecule has 2 aromatic rings. The average molecular weight is 265 g/mol. The molecule has 1 N–H and O–H groups in total. The molecule has 1 atom stereocenters. The highest BCUT2D eigenvalue weighted by Crippen LogP contribution is 2.27. The molecule has 0 spiro atoms. The van der Waals surface area contributed by atoms with Crippen LogP contribution >= 0.6 is 0 Å². The molecule has 20 heavy (non-hydrogen) atoms. The first-order valence-electron chi connectivity index (χ1n) is 7.08. The average Bonchev–Trinajstić information content (AvgIpc) is 2.82. The molecule has 0 heterocycles. The second-order valence-electron chi connectivity index (χ2n) is 5.66. The van der Waals surface area contributed by atoms with Crippen LogP contribution in [0.5, 0.6) is 0 Å². The van der Waals surface area contributed by atoms with E-state index in [9.17, 15) is 4.79 Å². The first kappa shape index (κ1) is 12.9. The maximum Gasteiger partial charge on any atom is 0.251 e. The van der Waals surface area contributed by atoms with Crippen LogP contribution in [-0.2, 0) is 12.8 Å². The van der Waals surface area contributed by atoms with Crippen LogP contribution in [-0.4, -0.2) is 11.9 Å². The summed E-state index contributed by atoms with van der Waals surface area (Å²) in [5.74, 6) is 0.0257. The molecule has 2 nitrogen and oxygen atoms in total. The van der Waals surface area contributed by atoms with Crippen LogP contribution in [0.1, 0.15) is 32.6 Å². The number of benzene rings is 2. The summed E-state index contributed by atoms with van der Waals surface area (Å²) < 4.78 is 0. The van der Waals surface area contributed by atoms with Crippen molar-refractivity contribution >= 4 is 5.91 Å². The van der Waals surface area contributed by atoms with Gasteiger partial charge in [0, 0.05) is 11.6 Å². The minimum absolute atomic E-state index is 0.0257. The summed E-state index contributed by atoms with van der Waals surface area (Å²) in [7, 11) is 0. The summed E-state index contributed by atoms with van der Waals surface area (Å²) in [6, 6.07) is 14.1. The third-order valence-electron chi connectivity index (χ3n) is 4.00. The van der Waals surface area contributed by atoms with Gasteiger partial charge in [-0.3, -0.25) is 4.79 Å². The van der Waals surface area contributed by atoms with Crippen molar-refractivity contribution in [1.82, 2.24) is 5.32 Å². The van der Waals surface area contributed by atoms with E-state index < -0.39 is 0 Å². The zero-order chi connectivity index (χ0) is 14.1. The molecule has 0 aromatic heterocycles. The molecular weight excluding hydrogens is 246 g/mol. The maximum absolute atomic E-state index is 12.2. The lowest BCUT2D eigenvalue weighted by atomic mass is 10.0. The normalized spacial score (nSPS) is 16.8. The van der Waals surface area contributed by atoms with E-state index in [2.05, 4.69) is 31.3 Å². The summed E-state index contributed by atoms with van der Waals surface area (Å²) in [4.78, 5) is 12.2. The molecule has 2 aromatic carbocycles. The number of carbonyl (C=O) groups is 1. The Labute approximate surface area is 119 Å². The highest BCUT2D eigenvalue weighted by Gasteiger charge is 2.24. The molecule has 0 radical (unpaired) electrons. The minimum Gasteiger partial charge on any atom is -0.349 e. The van der Waals surface area contributed by atoms with Gasteiger partial charge in [0.15, 0.2) is 0 Å². The van der Waals surface area contributed by atoms with Gasteiger partial charge in [0.1, 0.15) is 0 Å². The van der Waals surface area contributed by atoms with Crippen LogP contribution < -0.4 is 5.32 Å². The van der Waals surface area contributed by atoms with Gasteiger partial charge in [0.05, 0.1) is 0 Å². The van der Waals surface area contributed by atoms with E-state index in [0.29, 0.717) is 0 Å².